The molecule has 29 heavy (non-hydrogen) atoms. The Morgan fingerprint density at radius 2 is 1.97 bits per heavy atom. The van der Waals surface area contributed by atoms with Crippen LogP contribution < -0.4 is 20.1 Å². The van der Waals surface area contributed by atoms with E-state index >= 15 is 0 Å². The van der Waals surface area contributed by atoms with Crippen molar-refractivity contribution in [2.24, 2.45) is 4.99 Å². The number of nitrogens with zero attached hydrogens (tertiary/aromatic N) is 2. The van der Waals surface area contributed by atoms with Gasteiger partial charge in [0.1, 0.15) is 0 Å². The van der Waals surface area contributed by atoms with Crippen LogP contribution in [0.15, 0.2) is 23.2 Å². The number of aromatic nitrogens is 1. The van der Waals surface area contributed by atoms with Gasteiger partial charge in [-0.15, -0.1) is 11.3 Å². The molecule has 0 atom stereocenters. The van der Waals surface area contributed by atoms with Crippen LogP contribution in [-0.2, 0) is 12.8 Å². The largest absolute Gasteiger partial charge is 0.493 e. The van der Waals surface area contributed by atoms with Crippen molar-refractivity contribution in [3.8, 4) is 11.5 Å². The molecule has 0 spiro atoms. The number of nitrogens with one attached hydrogen (secondary N) is 2. The van der Waals surface area contributed by atoms with Crippen molar-refractivity contribution in [2.45, 2.75) is 47.0 Å². The van der Waals surface area contributed by atoms with Gasteiger partial charge in [-0.05, 0) is 58.2 Å². The van der Waals surface area contributed by atoms with Crippen LogP contribution in [0.4, 0.5) is 0 Å². The van der Waals surface area contributed by atoms with Crippen molar-refractivity contribution >= 4 is 17.3 Å². The fraction of sp³-hybridized carbons (Fsp3) is 0.545. The third-order valence-corrected chi connectivity index (χ3v) is 5.54. The molecule has 0 aliphatic carbocycles. The standard InChI is InChI=1S/C22H34N4O2S/c1-6-23-22(25-14-12-21-16(3)26-17(4)29-21)24-13-8-9-18-10-11-19(27-5)20(15-18)28-7-2/h10-11,15H,6-9,12-14H2,1-5H3,(H2,23,24,25). The van der Waals surface area contributed by atoms with E-state index in [0.717, 1.165) is 67.1 Å². The van der Waals surface area contributed by atoms with Gasteiger partial charge < -0.3 is 20.1 Å². The molecular weight excluding hydrogens is 384 g/mol. The van der Waals surface area contributed by atoms with Gasteiger partial charge in [0, 0.05) is 30.9 Å². The summed E-state index contributed by atoms with van der Waals surface area (Å²) < 4.78 is 11.0. The lowest BCUT2D eigenvalue weighted by atomic mass is 10.1. The second kappa shape index (κ2) is 12.3. The zero-order chi connectivity index (χ0) is 21.1. The first-order valence-electron chi connectivity index (χ1n) is 10.3. The maximum Gasteiger partial charge on any atom is 0.191 e. The van der Waals surface area contributed by atoms with Crippen molar-refractivity contribution in [1.82, 2.24) is 15.6 Å². The molecule has 7 heteroatoms. The number of aryl methyl sites for hydroxylation is 3. The minimum Gasteiger partial charge on any atom is -0.493 e. The first-order valence-corrected chi connectivity index (χ1v) is 11.1. The SMILES string of the molecule is CCNC(=NCCCc1ccc(OC)c(OCC)c1)NCCc1sc(C)nc1C. The highest BCUT2D eigenvalue weighted by Gasteiger charge is 2.06. The molecule has 1 heterocycles. The van der Waals surface area contributed by atoms with Crippen molar-refractivity contribution in [2.75, 3.05) is 33.4 Å². The molecule has 0 bridgehead atoms. The van der Waals surface area contributed by atoms with Crippen LogP contribution in [0.5, 0.6) is 11.5 Å². The van der Waals surface area contributed by atoms with Crippen molar-refractivity contribution in [3.05, 3.63) is 39.3 Å². The molecular formula is C22H34N4O2S. The van der Waals surface area contributed by atoms with Crippen LogP contribution in [0.2, 0.25) is 0 Å². The molecule has 0 aliphatic rings. The summed E-state index contributed by atoms with van der Waals surface area (Å²) in [6, 6.07) is 6.13. The number of rotatable bonds is 11. The number of methoxy groups -OCH3 is 1. The highest BCUT2D eigenvalue weighted by Crippen LogP contribution is 2.28. The third kappa shape index (κ3) is 7.57. The van der Waals surface area contributed by atoms with E-state index in [1.807, 2.05) is 13.0 Å². The van der Waals surface area contributed by atoms with Gasteiger partial charge in [0.2, 0.25) is 0 Å². The topological polar surface area (TPSA) is 67.8 Å². The van der Waals surface area contributed by atoms with Crippen molar-refractivity contribution in [3.63, 3.8) is 0 Å². The van der Waals surface area contributed by atoms with E-state index in [1.54, 1.807) is 18.4 Å². The number of benzene rings is 1. The molecule has 0 radical (unpaired) electrons. The number of aliphatic imine (C=N–C) groups is 1. The van der Waals surface area contributed by atoms with E-state index in [4.69, 9.17) is 14.5 Å². The van der Waals surface area contributed by atoms with Crippen LogP contribution >= 0.6 is 11.3 Å². The number of hydrogen-bond acceptors (Lipinski definition) is 5. The molecule has 2 aromatic rings. The number of guanidine groups is 1. The summed E-state index contributed by atoms with van der Waals surface area (Å²) in [5, 5.41) is 7.87. The Kier molecular flexibility index (Phi) is 9.77. The second-order valence-corrected chi connectivity index (χ2v) is 7.99. The first kappa shape index (κ1) is 23.0. The minimum absolute atomic E-state index is 0.627. The van der Waals surface area contributed by atoms with Gasteiger partial charge in [0.05, 0.1) is 24.4 Å². The van der Waals surface area contributed by atoms with Gasteiger partial charge in [-0.2, -0.15) is 0 Å². The number of thiazole rings is 1. The van der Waals surface area contributed by atoms with Gasteiger partial charge >= 0.3 is 0 Å². The lowest BCUT2D eigenvalue weighted by Crippen LogP contribution is -2.38. The molecule has 1 aromatic carbocycles. The van der Waals surface area contributed by atoms with Crippen LogP contribution in [0, 0.1) is 13.8 Å². The Bertz CT molecular complexity index is 789. The molecule has 0 unspecified atom stereocenters. The summed E-state index contributed by atoms with van der Waals surface area (Å²) in [5.41, 5.74) is 2.38. The van der Waals surface area contributed by atoms with Gasteiger partial charge in [0.15, 0.2) is 17.5 Å². The molecule has 2 N–H and O–H groups in total. The Morgan fingerprint density at radius 3 is 2.62 bits per heavy atom. The van der Waals surface area contributed by atoms with Gasteiger partial charge in [-0.1, -0.05) is 6.07 Å². The highest BCUT2D eigenvalue weighted by molar-refractivity contribution is 7.11. The van der Waals surface area contributed by atoms with E-state index in [1.165, 1.54) is 10.4 Å². The molecule has 0 saturated heterocycles. The van der Waals surface area contributed by atoms with Gasteiger partial charge in [0.25, 0.3) is 0 Å². The Balaban J connectivity index is 1.82. The van der Waals surface area contributed by atoms with Gasteiger partial charge in [-0.3, -0.25) is 4.99 Å². The molecule has 6 nitrogen and oxygen atoms in total. The molecule has 0 saturated carbocycles. The normalized spacial score (nSPS) is 11.4. The minimum atomic E-state index is 0.627. The maximum absolute atomic E-state index is 5.66. The molecule has 160 valence electrons. The first-order chi connectivity index (χ1) is 14.1. The average molecular weight is 419 g/mol. The second-order valence-electron chi connectivity index (χ2n) is 6.70. The van der Waals surface area contributed by atoms with E-state index in [9.17, 15) is 0 Å². The van der Waals surface area contributed by atoms with E-state index in [0.29, 0.717) is 6.61 Å². The van der Waals surface area contributed by atoms with E-state index in [-0.39, 0.29) is 0 Å². The molecule has 0 aliphatic heterocycles. The predicted octanol–water partition coefficient (Wildman–Crippen LogP) is 3.90. The number of ether oxygens (including phenoxy) is 2. The smallest absolute Gasteiger partial charge is 0.191 e. The third-order valence-electron chi connectivity index (χ3n) is 4.41. The van der Waals surface area contributed by atoms with Gasteiger partial charge in [-0.25, -0.2) is 4.98 Å². The van der Waals surface area contributed by atoms with Crippen molar-refractivity contribution in [1.29, 1.82) is 0 Å². The van der Waals surface area contributed by atoms with Crippen molar-refractivity contribution < 1.29 is 9.47 Å². The molecule has 1 aromatic heterocycles. The fourth-order valence-electron chi connectivity index (χ4n) is 3.06. The molecule has 2 rings (SSSR count). The van der Waals surface area contributed by atoms with Crippen LogP contribution in [-0.4, -0.2) is 44.3 Å². The Morgan fingerprint density at radius 1 is 1.14 bits per heavy atom. The fourth-order valence-corrected chi connectivity index (χ4v) is 4.00. The predicted molar refractivity (Wildman–Crippen MR) is 122 cm³/mol. The zero-order valence-electron chi connectivity index (χ0n) is 18.3. The number of hydrogen-bond donors (Lipinski definition) is 2. The highest BCUT2D eigenvalue weighted by atomic mass is 32.1. The quantitative estimate of drug-likeness (QED) is 0.329. The summed E-state index contributed by atoms with van der Waals surface area (Å²) in [4.78, 5) is 10.5. The lowest BCUT2D eigenvalue weighted by molar-refractivity contribution is 0.310. The summed E-state index contributed by atoms with van der Waals surface area (Å²) >= 11 is 1.78. The Hall–Kier alpha value is -2.28. The zero-order valence-corrected chi connectivity index (χ0v) is 19.1. The average Bonchev–Trinajstić information content (AvgIpc) is 3.02. The van der Waals surface area contributed by atoms with Crippen LogP contribution in [0.3, 0.4) is 0 Å². The molecule has 0 amide bonds. The maximum atomic E-state index is 5.66. The van der Waals surface area contributed by atoms with Crippen LogP contribution in [0.1, 0.15) is 41.4 Å². The summed E-state index contributed by atoms with van der Waals surface area (Å²) in [7, 11) is 1.67. The summed E-state index contributed by atoms with van der Waals surface area (Å²) in [5.74, 6) is 2.45. The van der Waals surface area contributed by atoms with E-state index in [2.05, 4.69) is 48.5 Å². The lowest BCUT2D eigenvalue weighted by Gasteiger charge is -2.12. The summed E-state index contributed by atoms with van der Waals surface area (Å²) in [6.45, 7) is 11.3. The van der Waals surface area contributed by atoms with E-state index < -0.39 is 0 Å². The summed E-state index contributed by atoms with van der Waals surface area (Å²) in [6.07, 6.45) is 2.89. The molecule has 0 fully saturated rings. The monoisotopic (exact) mass is 418 g/mol. The Labute approximate surface area is 178 Å². The van der Waals surface area contributed by atoms with Crippen LogP contribution in [0.25, 0.3) is 0 Å².